The maximum Gasteiger partial charge on any atom is 0.345 e. The van der Waals surface area contributed by atoms with E-state index in [1.165, 1.54) is 4.68 Å². The van der Waals surface area contributed by atoms with Crippen LogP contribution in [0.15, 0.2) is 29.1 Å². The molecule has 2 N–H and O–H groups in total. The lowest BCUT2D eigenvalue weighted by molar-refractivity contribution is 0.497. The van der Waals surface area contributed by atoms with Gasteiger partial charge >= 0.3 is 5.69 Å². The highest BCUT2D eigenvalue weighted by Crippen LogP contribution is 2.17. The molecule has 1 atom stereocenters. The first-order valence-electron chi connectivity index (χ1n) is 7.14. The Balaban J connectivity index is 1.87. The Bertz CT molecular complexity index is 671. The average molecular weight is 272 g/mol. The molecular weight excluding hydrogens is 252 g/mol. The smallest absolute Gasteiger partial charge is 0.322 e. The zero-order valence-electron chi connectivity index (χ0n) is 11.7. The van der Waals surface area contributed by atoms with Crippen LogP contribution in [0.5, 0.6) is 0 Å². The lowest BCUT2D eigenvalue weighted by atomic mass is 10.0. The number of nitrogens with zero attached hydrogens (tertiary/aromatic N) is 3. The zero-order chi connectivity index (χ0) is 14.1. The highest BCUT2D eigenvalue weighted by molar-refractivity contribution is 5.28. The second-order valence-corrected chi connectivity index (χ2v) is 5.45. The van der Waals surface area contributed by atoms with Crippen LogP contribution in [0.3, 0.4) is 0 Å². The number of hydrogen-bond acceptors (Lipinski definition) is 3. The predicted molar refractivity (Wildman–Crippen MR) is 77.5 cm³/mol. The van der Waals surface area contributed by atoms with Gasteiger partial charge in [-0.15, -0.1) is 0 Å². The first-order valence-corrected chi connectivity index (χ1v) is 7.14. The van der Waals surface area contributed by atoms with Gasteiger partial charge in [-0.2, -0.15) is 5.10 Å². The normalized spacial score (nSPS) is 15.9. The standard InChI is InChI=1S/C15H20N4O/c1-11-6-2-3-7-12(11)13(16)10-19-15(20)18-9-5-4-8-14(18)17-19/h2-3,6-7,13H,4-5,8-10,16H2,1H3. The third-order valence-corrected chi connectivity index (χ3v) is 3.99. The van der Waals surface area contributed by atoms with Gasteiger partial charge in [0.1, 0.15) is 5.82 Å². The Morgan fingerprint density at radius 2 is 2.15 bits per heavy atom. The quantitative estimate of drug-likeness (QED) is 0.918. The molecule has 20 heavy (non-hydrogen) atoms. The fraction of sp³-hybridized carbons (Fsp3) is 0.467. The topological polar surface area (TPSA) is 65.8 Å². The second-order valence-electron chi connectivity index (χ2n) is 5.45. The van der Waals surface area contributed by atoms with Crippen molar-refractivity contribution in [3.63, 3.8) is 0 Å². The van der Waals surface area contributed by atoms with E-state index in [-0.39, 0.29) is 11.7 Å². The van der Waals surface area contributed by atoms with E-state index in [4.69, 9.17) is 5.73 Å². The molecule has 0 spiro atoms. The molecule has 1 aromatic carbocycles. The molecule has 0 radical (unpaired) electrons. The lowest BCUT2D eigenvalue weighted by Crippen LogP contribution is -2.30. The summed E-state index contributed by atoms with van der Waals surface area (Å²) in [5.74, 6) is 0.901. The molecule has 0 fully saturated rings. The number of fused-ring (bicyclic) bond motifs is 1. The number of benzene rings is 1. The largest absolute Gasteiger partial charge is 0.345 e. The lowest BCUT2D eigenvalue weighted by Gasteiger charge is -2.13. The molecule has 1 unspecified atom stereocenters. The van der Waals surface area contributed by atoms with E-state index in [1.54, 1.807) is 4.57 Å². The van der Waals surface area contributed by atoms with E-state index < -0.39 is 0 Å². The van der Waals surface area contributed by atoms with E-state index in [0.717, 1.165) is 42.8 Å². The summed E-state index contributed by atoms with van der Waals surface area (Å²) in [5.41, 5.74) is 8.45. The molecule has 5 heteroatoms. The van der Waals surface area contributed by atoms with Crippen LogP contribution in [0.1, 0.15) is 35.8 Å². The predicted octanol–water partition coefficient (Wildman–Crippen LogP) is 1.39. The molecule has 0 aliphatic carbocycles. The molecule has 0 bridgehead atoms. The third kappa shape index (κ3) is 2.29. The van der Waals surface area contributed by atoms with Crippen LogP contribution < -0.4 is 11.4 Å². The molecule has 5 nitrogen and oxygen atoms in total. The van der Waals surface area contributed by atoms with E-state index >= 15 is 0 Å². The summed E-state index contributed by atoms with van der Waals surface area (Å²) in [6.07, 6.45) is 3.06. The monoisotopic (exact) mass is 272 g/mol. The molecule has 1 aliphatic rings. The van der Waals surface area contributed by atoms with Crippen LogP contribution in [-0.2, 0) is 19.5 Å². The van der Waals surface area contributed by atoms with Crippen molar-refractivity contribution >= 4 is 0 Å². The van der Waals surface area contributed by atoms with Gasteiger partial charge in [0.15, 0.2) is 0 Å². The Kier molecular flexibility index (Phi) is 3.44. The van der Waals surface area contributed by atoms with Gasteiger partial charge in [-0.3, -0.25) is 4.57 Å². The van der Waals surface area contributed by atoms with E-state index in [0.29, 0.717) is 6.54 Å². The van der Waals surface area contributed by atoms with Crippen molar-refractivity contribution in [2.24, 2.45) is 5.73 Å². The van der Waals surface area contributed by atoms with Crippen molar-refractivity contribution in [3.05, 3.63) is 51.7 Å². The Labute approximate surface area is 118 Å². The molecule has 2 aromatic rings. The number of aryl methyl sites for hydroxylation is 2. The van der Waals surface area contributed by atoms with Gasteiger partial charge in [0, 0.05) is 19.0 Å². The van der Waals surface area contributed by atoms with Crippen LogP contribution in [-0.4, -0.2) is 14.3 Å². The number of hydrogen-bond donors (Lipinski definition) is 1. The van der Waals surface area contributed by atoms with Crippen molar-refractivity contribution in [1.82, 2.24) is 14.3 Å². The molecule has 106 valence electrons. The summed E-state index contributed by atoms with van der Waals surface area (Å²) in [7, 11) is 0. The van der Waals surface area contributed by atoms with Crippen molar-refractivity contribution in [3.8, 4) is 0 Å². The first-order chi connectivity index (χ1) is 9.66. The number of aromatic nitrogens is 3. The zero-order valence-corrected chi connectivity index (χ0v) is 11.7. The van der Waals surface area contributed by atoms with Crippen molar-refractivity contribution in [2.45, 2.75) is 45.3 Å². The summed E-state index contributed by atoms with van der Waals surface area (Å²) >= 11 is 0. The van der Waals surface area contributed by atoms with Crippen LogP contribution >= 0.6 is 0 Å². The minimum Gasteiger partial charge on any atom is -0.322 e. The summed E-state index contributed by atoms with van der Waals surface area (Å²) in [6.45, 7) is 3.26. The first kappa shape index (κ1) is 13.1. The molecule has 1 aromatic heterocycles. The van der Waals surface area contributed by atoms with Crippen molar-refractivity contribution < 1.29 is 0 Å². The van der Waals surface area contributed by atoms with E-state index in [2.05, 4.69) is 5.10 Å². The van der Waals surface area contributed by atoms with Gasteiger partial charge in [-0.25, -0.2) is 9.48 Å². The molecule has 2 heterocycles. The summed E-state index contributed by atoms with van der Waals surface area (Å²) < 4.78 is 3.31. The van der Waals surface area contributed by atoms with Gasteiger partial charge < -0.3 is 5.73 Å². The molecule has 0 saturated heterocycles. The van der Waals surface area contributed by atoms with Gasteiger partial charge in [0.2, 0.25) is 0 Å². The maximum atomic E-state index is 12.3. The minimum absolute atomic E-state index is 0.0243. The fourth-order valence-corrected chi connectivity index (χ4v) is 2.85. The second kappa shape index (κ2) is 5.25. The van der Waals surface area contributed by atoms with Crippen molar-refractivity contribution in [1.29, 1.82) is 0 Å². The molecule has 1 aliphatic heterocycles. The molecular formula is C15H20N4O. The van der Waals surface area contributed by atoms with E-state index in [1.807, 2.05) is 31.2 Å². The van der Waals surface area contributed by atoms with Crippen LogP contribution in [0.4, 0.5) is 0 Å². The van der Waals surface area contributed by atoms with E-state index in [9.17, 15) is 4.79 Å². The SMILES string of the molecule is Cc1ccccc1C(N)Cn1nc2n(c1=O)CCCC2. The Morgan fingerprint density at radius 1 is 1.35 bits per heavy atom. The average Bonchev–Trinajstić information content (AvgIpc) is 2.76. The Morgan fingerprint density at radius 3 is 2.90 bits per heavy atom. The van der Waals surface area contributed by atoms with Crippen LogP contribution in [0.2, 0.25) is 0 Å². The number of rotatable bonds is 3. The van der Waals surface area contributed by atoms with Gasteiger partial charge in [0.25, 0.3) is 0 Å². The number of nitrogens with two attached hydrogens (primary N) is 1. The summed E-state index contributed by atoms with van der Waals surface area (Å²) in [4.78, 5) is 12.3. The maximum absolute atomic E-state index is 12.3. The minimum atomic E-state index is -0.203. The summed E-state index contributed by atoms with van der Waals surface area (Å²) in [5, 5.41) is 4.43. The summed E-state index contributed by atoms with van der Waals surface area (Å²) in [6, 6.07) is 7.82. The fourth-order valence-electron chi connectivity index (χ4n) is 2.85. The van der Waals surface area contributed by atoms with Crippen LogP contribution in [0, 0.1) is 6.92 Å². The van der Waals surface area contributed by atoms with Gasteiger partial charge in [-0.1, -0.05) is 24.3 Å². The molecule has 0 amide bonds. The Hall–Kier alpha value is -1.88. The highest BCUT2D eigenvalue weighted by Gasteiger charge is 2.18. The highest BCUT2D eigenvalue weighted by atomic mass is 16.2. The van der Waals surface area contributed by atoms with Gasteiger partial charge in [0.05, 0.1) is 6.54 Å². The van der Waals surface area contributed by atoms with Gasteiger partial charge in [-0.05, 0) is 30.9 Å². The van der Waals surface area contributed by atoms with Crippen molar-refractivity contribution in [2.75, 3.05) is 0 Å². The molecule has 0 saturated carbocycles. The third-order valence-electron chi connectivity index (χ3n) is 3.99. The van der Waals surface area contributed by atoms with Crippen LogP contribution in [0.25, 0.3) is 0 Å². The molecule has 3 rings (SSSR count).